The molecule has 0 spiro atoms. The fourth-order valence-electron chi connectivity index (χ4n) is 4.37. The SMILES string of the molecule is N#CC1(NC2CCCCCC2)CCCC(C2CC2)C1. The molecule has 0 saturated heterocycles. The van der Waals surface area contributed by atoms with E-state index in [2.05, 4.69) is 11.4 Å². The molecular weight excluding hydrogens is 232 g/mol. The minimum absolute atomic E-state index is 0.180. The van der Waals surface area contributed by atoms with Crippen molar-refractivity contribution in [3.8, 4) is 6.07 Å². The van der Waals surface area contributed by atoms with Crippen molar-refractivity contribution in [1.29, 1.82) is 5.26 Å². The largest absolute Gasteiger partial charge is 0.297 e. The number of hydrogen-bond donors (Lipinski definition) is 1. The topological polar surface area (TPSA) is 35.8 Å². The van der Waals surface area contributed by atoms with Gasteiger partial charge >= 0.3 is 0 Å². The number of nitrogens with one attached hydrogen (secondary N) is 1. The molecule has 0 aromatic heterocycles. The highest BCUT2D eigenvalue weighted by Crippen LogP contribution is 2.46. The molecule has 0 aliphatic heterocycles. The molecule has 3 rings (SSSR count). The molecular formula is C17H28N2. The Hall–Kier alpha value is -0.550. The minimum Gasteiger partial charge on any atom is -0.297 e. The van der Waals surface area contributed by atoms with Crippen molar-refractivity contribution in [3.63, 3.8) is 0 Å². The van der Waals surface area contributed by atoms with Crippen LogP contribution in [0.2, 0.25) is 0 Å². The first-order valence-electron chi connectivity index (χ1n) is 8.50. The fraction of sp³-hybridized carbons (Fsp3) is 0.941. The van der Waals surface area contributed by atoms with E-state index in [1.807, 2.05) is 0 Å². The van der Waals surface area contributed by atoms with E-state index >= 15 is 0 Å². The van der Waals surface area contributed by atoms with E-state index in [0.717, 1.165) is 24.7 Å². The highest BCUT2D eigenvalue weighted by atomic mass is 15.0. The lowest BCUT2D eigenvalue weighted by molar-refractivity contribution is 0.190. The van der Waals surface area contributed by atoms with Gasteiger partial charge in [-0.1, -0.05) is 32.1 Å². The lowest BCUT2D eigenvalue weighted by Gasteiger charge is -2.39. The van der Waals surface area contributed by atoms with Gasteiger partial charge in [-0.25, -0.2) is 0 Å². The van der Waals surface area contributed by atoms with Gasteiger partial charge in [-0.15, -0.1) is 0 Å². The van der Waals surface area contributed by atoms with Crippen LogP contribution in [0.1, 0.15) is 77.0 Å². The van der Waals surface area contributed by atoms with Gasteiger partial charge in [0.2, 0.25) is 0 Å². The zero-order chi connectivity index (χ0) is 13.1. The average Bonchev–Trinajstić information content (AvgIpc) is 3.27. The van der Waals surface area contributed by atoms with E-state index in [0.29, 0.717) is 6.04 Å². The van der Waals surface area contributed by atoms with Gasteiger partial charge in [0.15, 0.2) is 0 Å². The maximum absolute atomic E-state index is 9.75. The number of nitrogens with zero attached hydrogens (tertiary/aromatic N) is 1. The van der Waals surface area contributed by atoms with Crippen molar-refractivity contribution in [2.45, 2.75) is 88.6 Å². The summed E-state index contributed by atoms with van der Waals surface area (Å²) in [4.78, 5) is 0. The van der Waals surface area contributed by atoms with Crippen molar-refractivity contribution >= 4 is 0 Å². The summed E-state index contributed by atoms with van der Waals surface area (Å²) in [5, 5.41) is 13.6. The minimum atomic E-state index is -0.180. The summed E-state index contributed by atoms with van der Waals surface area (Å²) in [5.74, 6) is 1.80. The van der Waals surface area contributed by atoms with E-state index in [1.165, 1.54) is 64.2 Å². The van der Waals surface area contributed by atoms with Crippen molar-refractivity contribution in [2.24, 2.45) is 11.8 Å². The van der Waals surface area contributed by atoms with Crippen LogP contribution in [0.4, 0.5) is 0 Å². The van der Waals surface area contributed by atoms with Crippen LogP contribution in [0, 0.1) is 23.2 Å². The summed E-state index contributed by atoms with van der Waals surface area (Å²) in [6.45, 7) is 0. The normalized spacial score (nSPS) is 37.5. The predicted octanol–water partition coefficient (Wildman–Crippen LogP) is 4.16. The standard InChI is InChI=1S/C17H28N2/c18-13-17(19-16-7-3-1-2-4-8-16)11-5-6-15(12-17)14-9-10-14/h14-16,19H,1-12H2. The van der Waals surface area contributed by atoms with Crippen LogP contribution in [0.3, 0.4) is 0 Å². The van der Waals surface area contributed by atoms with Crippen molar-refractivity contribution < 1.29 is 0 Å². The second-order valence-corrected chi connectivity index (χ2v) is 7.22. The van der Waals surface area contributed by atoms with Crippen LogP contribution in [-0.2, 0) is 0 Å². The first kappa shape index (κ1) is 13.4. The summed E-state index contributed by atoms with van der Waals surface area (Å²) in [5.41, 5.74) is -0.180. The molecule has 0 aromatic carbocycles. The summed E-state index contributed by atoms with van der Waals surface area (Å²) in [6.07, 6.45) is 15.8. The Kier molecular flexibility index (Phi) is 4.12. The maximum Gasteiger partial charge on any atom is 0.107 e. The van der Waals surface area contributed by atoms with Gasteiger partial charge in [0.05, 0.1) is 6.07 Å². The Morgan fingerprint density at radius 2 is 1.58 bits per heavy atom. The monoisotopic (exact) mass is 260 g/mol. The first-order valence-corrected chi connectivity index (χ1v) is 8.50. The van der Waals surface area contributed by atoms with E-state index in [9.17, 15) is 5.26 Å². The van der Waals surface area contributed by atoms with Gasteiger partial charge in [0, 0.05) is 6.04 Å². The molecule has 2 atom stereocenters. The molecule has 3 saturated carbocycles. The molecule has 0 amide bonds. The zero-order valence-electron chi connectivity index (χ0n) is 12.2. The average molecular weight is 260 g/mol. The first-order chi connectivity index (χ1) is 9.31. The molecule has 2 heteroatoms. The summed E-state index contributed by atoms with van der Waals surface area (Å²) in [6, 6.07) is 3.30. The Bertz CT molecular complexity index is 334. The third-order valence-electron chi connectivity index (χ3n) is 5.63. The lowest BCUT2D eigenvalue weighted by Crippen LogP contribution is -2.52. The third kappa shape index (κ3) is 3.31. The van der Waals surface area contributed by atoms with Gasteiger partial charge in [0.1, 0.15) is 5.54 Å². The van der Waals surface area contributed by atoms with Gasteiger partial charge in [0.25, 0.3) is 0 Å². The van der Waals surface area contributed by atoms with E-state index in [-0.39, 0.29) is 5.54 Å². The van der Waals surface area contributed by atoms with Crippen molar-refractivity contribution in [1.82, 2.24) is 5.32 Å². The van der Waals surface area contributed by atoms with Gasteiger partial charge in [-0.3, -0.25) is 5.32 Å². The third-order valence-corrected chi connectivity index (χ3v) is 5.63. The van der Waals surface area contributed by atoms with Crippen LogP contribution in [-0.4, -0.2) is 11.6 Å². The quantitative estimate of drug-likeness (QED) is 0.773. The number of hydrogen-bond acceptors (Lipinski definition) is 2. The molecule has 0 heterocycles. The zero-order valence-corrected chi connectivity index (χ0v) is 12.2. The molecule has 106 valence electrons. The Morgan fingerprint density at radius 3 is 2.21 bits per heavy atom. The Morgan fingerprint density at radius 1 is 0.842 bits per heavy atom. The van der Waals surface area contributed by atoms with Crippen molar-refractivity contribution in [2.75, 3.05) is 0 Å². The molecule has 2 unspecified atom stereocenters. The molecule has 0 aromatic rings. The number of rotatable bonds is 3. The summed E-state index contributed by atoms with van der Waals surface area (Å²) in [7, 11) is 0. The predicted molar refractivity (Wildman–Crippen MR) is 77.7 cm³/mol. The highest BCUT2D eigenvalue weighted by Gasteiger charge is 2.43. The maximum atomic E-state index is 9.75. The molecule has 0 bridgehead atoms. The van der Waals surface area contributed by atoms with E-state index < -0.39 is 0 Å². The highest BCUT2D eigenvalue weighted by molar-refractivity contribution is 5.12. The van der Waals surface area contributed by atoms with Gasteiger partial charge in [-0.05, 0) is 56.8 Å². The number of nitriles is 1. The van der Waals surface area contributed by atoms with Crippen LogP contribution in [0.25, 0.3) is 0 Å². The van der Waals surface area contributed by atoms with E-state index in [1.54, 1.807) is 0 Å². The van der Waals surface area contributed by atoms with Crippen LogP contribution < -0.4 is 5.32 Å². The smallest absolute Gasteiger partial charge is 0.107 e. The molecule has 2 nitrogen and oxygen atoms in total. The van der Waals surface area contributed by atoms with Gasteiger partial charge in [-0.2, -0.15) is 5.26 Å². The Balaban J connectivity index is 1.62. The molecule has 3 aliphatic rings. The van der Waals surface area contributed by atoms with Crippen LogP contribution >= 0.6 is 0 Å². The van der Waals surface area contributed by atoms with Crippen molar-refractivity contribution in [3.05, 3.63) is 0 Å². The van der Waals surface area contributed by atoms with Crippen LogP contribution in [0.5, 0.6) is 0 Å². The molecule has 1 N–H and O–H groups in total. The second-order valence-electron chi connectivity index (χ2n) is 7.22. The summed E-state index contributed by atoms with van der Waals surface area (Å²) < 4.78 is 0. The summed E-state index contributed by atoms with van der Waals surface area (Å²) >= 11 is 0. The molecule has 0 radical (unpaired) electrons. The van der Waals surface area contributed by atoms with Gasteiger partial charge < -0.3 is 0 Å². The molecule has 3 aliphatic carbocycles. The lowest BCUT2D eigenvalue weighted by atomic mass is 9.74. The van der Waals surface area contributed by atoms with E-state index in [4.69, 9.17) is 0 Å². The fourth-order valence-corrected chi connectivity index (χ4v) is 4.37. The molecule has 3 fully saturated rings. The Labute approximate surface area is 118 Å². The second kappa shape index (κ2) is 5.83. The van der Waals surface area contributed by atoms with Crippen LogP contribution in [0.15, 0.2) is 0 Å². The molecule has 19 heavy (non-hydrogen) atoms.